The number of esters is 1. The van der Waals surface area contributed by atoms with Crippen molar-refractivity contribution in [3.05, 3.63) is 59.1 Å². The highest BCUT2D eigenvalue weighted by Crippen LogP contribution is 2.14. The van der Waals surface area contributed by atoms with Crippen LogP contribution in [0.1, 0.15) is 10.4 Å². The number of carbonyl (C=O) groups is 2. The van der Waals surface area contributed by atoms with Gasteiger partial charge in [0.2, 0.25) is 0 Å². The first-order valence-electron chi connectivity index (χ1n) is 6.45. The molecule has 1 N–H and O–H groups in total. The van der Waals surface area contributed by atoms with Crippen molar-refractivity contribution in [2.45, 2.75) is 0 Å². The largest absolute Gasteiger partial charge is 0.497 e. The number of anilines is 1. The van der Waals surface area contributed by atoms with E-state index in [1.165, 1.54) is 7.11 Å². The second-order valence-corrected chi connectivity index (χ2v) is 4.80. The maximum Gasteiger partial charge on any atom is 0.338 e. The SMILES string of the molecule is COc1ccc(C(=O)OCC(=O)Nc2ccc(Cl)cc2)cc1. The number of methoxy groups -OCH3 is 1. The molecule has 0 heterocycles. The molecule has 1 amide bonds. The zero-order chi connectivity index (χ0) is 15.9. The summed E-state index contributed by atoms with van der Waals surface area (Å²) < 4.78 is 9.94. The minimum atomic E-state index is -0.575. The van der Waals surface area contributed by atoms with Gasteiger partial charge in [0.05, 0.1) is 12.7 Å². The molecule has 114 valence electrons. The molecule has 6 heteroatoms. The van der Waals surface area contributed by atoms with E-state index in [0.29, 0.717) is 22.0 Å². The smallest absolute Gasteiger partial charge is 0.338 e. The van der Waals surface area contributed by atoms with Crippen molar-refractivity contribution in [1.29, 1.82) is 0 Å². The maximum absolute atomic E-state index is 11.8. The van der Waals surface area contributed by atoms with Gasteiger partial charge in [-0.2, -0.15) is 0 Å². The number of benzene rings is 2. The van der Waals surface area contributed by atoms with E-state index >= 15 is 0 Å². The molecule has 2 rings (SSSR count). The van der Waals surface area contributed by atoms with Crippen LogP contribution < -0.4 is 10.1 Å². The molecule has 0 fully saturated rings. The Morgan fingerprint density at radius 1 is 1.05 bits per heavy atom. The maximum atomic E-state index is 11.8. The Labute approximate surface area is 132 Å². The van der Waals surface area contributed by atoms with Crippen molar-refractivity contribution in [2.24, 2.45) is 0 Å². The van der Waals surface area contributed by atoms with E-state index in [2.05, 4.69) is 5.32 Å². The third-order valence-electron chi connectivity index (χ3n) is 2.79. The predicted molar refractivity (Wildman–Crippen MR) is 83.4 cm³/mol. The minimum absolute atomic E-state index is 0.347. The Hall–Kier alpha value is -2.53. The molecule has 0 bridgehead atoms. The second kappa shape index (κ2) is 7.47. The van der Waals surface area contributed by atoms with Crippen molar-refractivity contribution in [3.8, 4) is 5.75 Å². The molecule has 0 saturated heterocycles. The third-order valence-corrected chi connectivity index (χ3v) is 3.04. The van der Waals surface area contributed by atoms with E-state index in [4.69, 9.17) is 21.1 Å². The van der Waals surface area contributed by atoms with Crippen molar-refractivity contribution in [2.75, 3.05) is 19.0 Å². The monoisotopic (exact) mass is 319 g/mol. The number of ether oxygens (including phenoxy) is 2. The molecule has 0 unspecified atom stereocenters. The van der Waals surface area contributed by atoms with E-state index in [9.17, 15) is 9.59 Å². The molecule has 0 atom stereocenters. The van der Waals surface area contributed by atoms with Gasteiger partial charge < -0.3 is 14.8 Å². The van der Waals surface area contributed by atoms with Gasteiger partial charge in [0.15, 0.2) is 6.61 Å². The van der Waals surface area contributed by atoms with Crippen LogP contribution in [-0.4, -0.2) is 25.6 Å². The highest BCUT2D eigenvalue weighted by atomic mass is 35.5. The molecule has 0 spiro atoms. The Balaban J connectivity index is 1.84. The number of hydrogen-bond acceptors (Lipinski definition) is 4. The fourth-order valence-corrected chi connectivity index (χ4v) is 1.80. The topological polar surface area (TPSA) is 64.6 Å². The van der Waals surface area contributed by atoms with Crippen LogP contribution in [0.5, 0.6) is 5.75 Å². The van der Waals surface area contributed by atoms with E-state index < -0.39 is 11.9 Å². The summed E-state index contributed by atoms with van der Waals surface area (Å²) >= 11 is 5.75. The lowest BCUT2D eigenvalue weighted by Gasteiger charge is -2.07. The summed E-state index contributed by atoms with van der Waals surface area (Å²) in [4.78, 5) is 23.5. The van der Waals surface area contributed by atoms with Crippen molar-refractivity contribution in [1.82, 2.24) is 0 Å². The van der Waals surface area contributed by atoms with Crippen LogP contribution in [0.15, 0.2) is 48.5 Å². The standard InChI is InChI=1S/C16H14ClNO4/c1-21-14-8-2-11(3-9-14)16(20)22-10-15(19)18-13-6-4-12(17)5-7-13/h2-9H,10H2,1H3,(H,18,19). The summed E-state index contributed by atoms with van der Waals surface area (Å²) in [5.41, 5.74) is 0.926. The molecule has 2 aromatic rings. The van der Waals surface area contributed by atoms with E-state index in [-0.39, 0.29) is 6.61 Å². The van der Waals surface area contributed by atoms with Crippen LogP contribution in [0.25, 0.3) is 0 Å². The zero-order valence-electron chi connectivity index (χ0n) is 11.8. The van der Waals surface area contributed by atoms with Crippen LogP contribution in [0.3, 0.4) is 0 Å². The normalized spacial score (nSPS) is 9.91. The van der Waals surface area contributed by atoms with Crippen LogP contribution in [0.2, 0.25) is 5.02 Å². The fraction of sp³-hybridized carbons (Fsp3) is 0.125. The Morgan fingerprint density at radius 3 is 2.27 bits per heavy atom. The zero-order valence-corrected chi connectivity index (χ0v) is 12.6. The number of nitrogens with one attached hydrogen (secondary N) is 1. The molecular formula is C16H14ClNO4. The number of amides is 1. The van der Waals surface area contributed by atoms with Crippen LogP contribution in [0, 0.1) is 0 Å². The Bertz CT molecular complexity index is 653. The van der Waals surface area contributed by atoms with Gasteiger partial charge in [-0.25, -0.2) is 4.79 Å². The fourth-order valence-electron chi connectivity index (χ4n) is 1.67. The highest BCUT2D eigenvalue weighted by Gasteiger charge is 2.10. The average Bonchev–Trinajstić information content (AvgIpc) is 2.55. The third kappa shape index (κ3) is 4.49. The molecule has 0 radical (unpaired) electrons. The molecule has 0 aliphatic carbocycles. The molecule has 2 aromatic carbocycles. The van der Waals surface area contributed by atoms with Gasteiger partial charge in [-0.3, -0.25) is 4.79 Å². The molecule has 5 nitrogen and oxygen atoms in total. The second-order valence-electron chi connectivity index (χ2n) is 4.36. The number of rotatable bonds is 5. The van der Waals surface area contributed by atoms with Gasteiger partial charge in [0, 0.05) is 10.7 Å². The highest BCUT2D eigenvalue weighted by molar-refractivity contribution is 6.30. The lowest BCUT2D eigenvalue weighted by atomic mass is 10.2. The summed E-state index contributed by atoms with van der Waals surface area (Å²) in [6.45, 7) is -0.368. The summed E-state index contributed by atoms with van der Waals surface area (Å²) in [5, 5.41) is 3.17. The van der Waals surface area contributed by atoms with Gasteiger partial charge in [0.25, 0.3) is 5.91 Å². The molecular weight excluding hydrogens is 306 g/mol. The summed E-state index contributed by atoms with van der Waals surface area (Å²) in [6.07, 6.45) is 0. The van der Waals surface area contributed by atoms with Gasteiger partial charge in [-0.1, -0.05) is 11.6 Å². The minimum Gasteiger partial charge on any atom is -0.497 e. The first-order chi connectivity index (χ1) is 10.6. The van der Waals surface area contributed by atoms with Crippen LogP contribution in [-0.2, 0) is 9.53 Å². The lowest BCUT2D eigenvalue weighted by Crippen LogP contribution is -2.20. The van der Waals surface area contributed by atoms with Gasteiger partial charge >= 0.3 is 5.97 Å². The summed E-state index contributed by atoms with van der Waals surface area (Å²) in [7, 11) is 1.54. The van der Waals surface area contributed by atoms with Gasteiger partial charge in [-0.05, 0) is 48.5 Å². The first kappa shape index (κ1) is 15.9. The Morgan fingerprint density at radius 2 is 1.68 bits per heavy atom. The van der Waals surface area contributed by atoms with E-state index in [1.807, 2.05) is 0 Å². The van der Waals surface area contributed by atoms with Gasteiger partial charge in [0.1, 0.15) is 5.75 Å². The number of hydrogen-bond donors (Lipinski definition) is 1. The van der Waals surface area contributed by atoms with Crippen molar-refractivity contribution in [3.63, 3.8) is 0 Å². The van der Waals surface area contributed by atoms with E-state index in [1.54, 1.807) is 48.5 Å². The molecule has 0 aliphatic heterocycles. The predicted octanol–water partition coefficient (Wildman–Crippen LogP) is 3.14. The van der Waals surface area contributed by atoms with Crippen molar-refractivity contribution >= 4 is 29.2 Å². The summed E-state index contributed by atoms with van der Waals surface area (Å²) in [6, 6.07) is 13.0. The molecule has 0 aliphatic rings. The summed E-state index contributed by atoms with van der Waals surface area (Å²) in [5.74, 6) is -0.366. The Kier molecular flexibility index (Phi) is 5.38. The van der Waals surface area contributed by atoms with Gasteiger partial charge in [-0.15, -0.1) is 0 Å². The molecule has 0 aromatic heterocycles. The number of halogens is 1. The lowest BCUT2D eigenvalue weighted by molar-refractivity contribution is -0.119. The van der Waals surface area contributed by atoms with Crippen molar-refractivity contribution < 1.29 is 19.1 Å². The average molecular weight is 320 g/mol. The molecule has 0 saturated carbocycles. The molecule has 22 heavy (non-hydrogen) atoms. The quantitative estimate of drug-likeness (QED) is 0.860. The van der Waals surface area contributed by atoms with E-state index in [0.717, 1.165) is 0 Å². The van der Waals surface area contributed by atoms with Crippen LogP contribution in [0.4, 0.5) is 5.69 Å². The van der Waals surface area contributed by atoms with Crippen LogP contribution >= 0.6 is 11.6 Å². The first-order valence-corrected chi connectivity index (χ1v) is 6.83. The number of carbonyl (C=O) groups excluding carboxylic acids is 2.